The minimum Gasteiger partial charge on any atom is -0.297 e. The van der Waals surface area contributed by atoms with Crippen LogP contribution >= 0.6 is 0 Å². The second kappa shape index (κ2) is 6.27. The molecule has 1 nitrogen and oxygen atoms in total. The highest BCUT2D eigenvalue weighted by molar-refractivity contribution is 5.72. The Labute approximate surface area is 63.2 Å². The third kappa shape index (κ3) is 5.29. The number of allylic oxidation sites excluding steroid dienone is 4. The van der Waals surface area contributed by atoms with Crippen LogP contribution in [0, 0.1) is 0 Å². The molecular weight excluding hydrogens is 122 g/mol. The van der Waals surface area contributed by atoms with E-state index in [-0.39, 0.29) is 0 Å². The van der Waals surface area contributed by atoms with Crippen molar-refractivity contribution in [3.63, 3.8) is 0 Å². The molecule has 0 heterocycles. The zero-order valence-electron chi connectivity index (χ0n) is 6.96. The molecule has 0 radical (unpaired) electrons. The zero-order valence-corrected chi connectivity index (χ0v) is 6.96. The van der Waals surface area contributed by atoms with Crippen molar-refractivity contribution in [2.24, 2.45) is 4.99 Å². The SMILES string of the molecule is CC/C=C\C(C)=C/C=NC. The summed E-state index contributed by atoms with van der Waals surface area (Å²) >= 11 is 0. The number of aliphatic imine (C=N–C) groups is 1. The van der Waals surface area contributed by atoms with E-state index < -0.39 is 0 Å². The predicted molar refractivity (Wildman–Crippen MR) is 47.6 cm³/mol. The van der Waals surface area contributed by atoms with E-state index in [0.29, 0.717) is 0 Å². The van der Waals surface area contributed by atoms with E-state index in [1.807, 2.05) is 6.08 Å². The van der Waals surface area contributed by atoms with E-state index in [1.54, 1.807) is 13.3 Å². The molecule has 0 saturated carbocycles. The maximum absolute atomic E-state index is 3.85. The first-order valence-corrected chi connectivity index (χ1v) is 3.56. The minimum absolute atomic E-state index is 1.09. The standard InChI is InChI=1S/C9H15N/c1-4-5-6-9(2)7-8-10-3/h5-8H,4H2,1-3H3/b6-5-,9-7-,10-8?. The molecule has 0 saturated heterocycles. The summed E-state index contributed by atoms with van der Waals surface area (Å²) in [6, 6.07) is 0. The fraction of sp³-hybridized carbons (Fsp3) is 0.444. The fourth-order valence-corrected chi connectivity index (χ4v) is 0.551. The summed E-state index contributed by atoms with van der Waals surface area (Å²) in [7, 11) is 1.77. The lowest BCUT2D eigenvalue weighted by atomic mass is 10.2. The van der Waals surface area contributed by atoms with Crippen molar-refractivity contribution in [2.45, 2.75) is 20.3 Å². The smallest absolute Gasteiger partial charge is 0.0277 e. The van der Waals surface area contributed by atoms with Gasteiger partial charge < -0.3 is 0 Å². The Bertz CT molecular complexity index is 152. The molecule has 0 fully saturated rings. The van der Waals surface area contributed by atoms with Crippen molar-refractivity contribution in [3.8, 4) is 0 Å². The van der Waals surface area contributed by atoms with E-state index >= 15 is 0 Å². The van der Waals surface area contributed by atoms with Crippen molar-refractivity contribution in [1.29, 1.82) is 0 Å². The normalized spacial score (nSPS) is 13.7. The van der Waals surface area contributed by atoms with Crippen LogP contribution in [0.25, 0.3) is 0 Å². The zero-order chi connectivity index (χ0) is 7.82. The molecule has 0 N–H and O–H groups in total. The largest absolute Gasteiger partial charge is 0.297 e. The van der Waals surface area contributed by atoms with Crippen molar-refractivity contribution in [2.75, 3.05) is 7.05 Å². The Kier molecular flexibility index (Phi) is 5.74. The van der Waals surface area contributed by atoms with Gasteiger partial charge in [-0.1, -0.05) is 19.1 Å². The summed E-state index contributed by atoms with van der Waals surface area (Å²) < 4.78 is 0. The highest BCUT2D eigenvalue weighted by Crippen LogP contribution is 1.93. The first-order valence-electron chi connectivity index (χ1n) is 3.56. The van der Waals surface area contributed by atoms with Gasteiger partial charge in [-0.3, -0.25) is 4.99 Å². The number of nitrogens with zero attached hydrogens (tertiary/aromatic N) is 1. The van der Waals surface area contributed by atoms with Crippen LogP contribution in [-0.2, 0) is 0 Å². The van der Waals surface area contributed by atoms with Gasteiger partial charge in [0.15, 0.2) is 0 Å². The fourth-order valence-electron chi connectivity index (χ4n) is 0.551. The maximum Gasteiger partial charge on any atom is 0.0277 e. The highest BCUT2D eigenvalue weighted by atomic mass is 14.6. The second-order valence-electron chi connectivity index (χ2n) is 2.13. The Morgan fingerprint density at radius 3 is 2.70 bits per heavy atom. The molecule has 0 aromatic heterocycles. The number of hydrogen-bond acceptors (Lipinski definition) is 1. The lowest BCUT2D eigenvalue weighted by Gasteiger charge is -1.85. The van der Waals surface area contributed by atoms with Gasteiger partial charge in [0, 0.05) is 13.3 Å². The second-order valence-corrected chi connectivity index (χ2v) is 2.13. The molecule has 0 unspecified atom stereocenters. The summed E-state index contributed by atoms with van der Waals surface area (Å²) in [5.74, 6) is 0. The van der Waals surface area contributed by atoms with Gasteiger partial charge in [0.05, 0.1) is 0 Å². The molecule has 0 aliphatic heterocycles. The molecule has 0 aromatic carbocycles. The van der Waals surface area contributed by atoms with Crippen molar-refractivity contribution in [1.82, 2.24) is 0 Å². The summed E-state index contributed by atoms with van der Waals surface area (Å²) in [6.07, 6.45) is 9.12. The minimum atomic E-state index is 1.09. The van der Waals surface area contributed by atoms with Gasteiger partial charge in [0.1, 0.15) is 0 Å². The van der Waals surface area contributed by atoms with Crippen molar-refractivity contribution in [3.05, 3.63) is 23.8 Å². The van der Waals surface area contributed by atoms with Gasteiger partial charge >= 0.3 is 0 Å². The summed E-state index contributed by atoms with van der Waals surface area (Å²) in [5.41, 5.74) is 1.24. The van der Waals surface area contributed by atoms with Gasteiger partial charge in [-0.2, -0.15) is 0 Å². The molecule has 0 bridgehead atoms. The third-order valence-electron chi connectivity index (χ3n) is 1.10. The first kappa shape index (κ1) is 9.15. The summed E-state index contributed by atoms with van der Waals surface area (Å²) in [6.45, 7) is 4.19. The molecule has 0 aromatic rings. The lowest BCUT2D eigenvalue weighted by molar-refractivity contribution is 1.22. The van der Waals surface area contributed by atoms with Crippen LogP contribution in [0.1, 0.15) is 20.3 Å². The molecule has 1 heteroatoms. The molecule has 0 spiro atoms. The van der Waals surface area contributed by atoms with Crippen LogP contribution < -0.4 is 0 Å². The van der Waals surface area contributed by atoms with Crippen LogP contribution in [0.2, 0.25) is 0 Å². The monoisotopic (exact) mass is 137 g/mol. The van der Waals surface area contributed by atoms with Crippen molar-refractivity contribution >= 4 is 6.21 Å². The van der Waals surface area contributed by atoms with Crippen molar-refractivity contribution < 1.29 is 0 Å². The van der Waals surface area contributed by atoms with Crippen LogP contribution in [0.5, 0.6) is 0 Å². The lowest BCUT2D eigenvalue weighted by Crippen LogP contribution is -1.69. The van der Waals surface area contributed by atoms with Gasteiger partial charge in [0.25, 0.3) is 0 Å². The molecule has 10 heavy (non-hydrogen) atoms. The molecule has 0 amide bonds. The topological polar surface area (TPSA) is 12.4 Å². The van der Waals surface area contributed by atoms with E-state index in [4.69, 9.17) is 0 Å². The molecule has 0 aliphatic rings. The maximum atomic E-state index is 3.85. The number of rotatable bonds is 3. The molecular formula is C9H15N. The van der Waals surface area contributed by atoms with E-state index in [0.717, 1.165) is 6.42 Å². The first-order chi connectivity index (χ1) is 4.81. The predicted octanol–water partition coefficient (Wildman–Crippen LogP) is 2.60. The summed E-state index contributed by atoms with van der Waals surface area (Å²) in [5, 5.41) is 0. The highest BCUT2D eigenvalue weighted by Gasteiger charge is 1.75. The third-order valence-corrected chi connectivity index (χ3v) is 1.10. The van der Waals surface area contributed by atoms with E-state index in [2.05, 4.69) is 31.0 Å². The van der Waals surface area contributed by atoms with Crippen LogP contribution in [0.3, 0.4) is 0 Å². The van der Waals surface area contributed by atoms with Crippen LogP contribution in [-0.4, -0.2) is 13.3 Å². The average molecular weight is 137 g/mol. The molecule has 0 rings (SSSR count). The van der Waals surface area contributed by atoms with E-state index in [9.17, 15) is 0 Å². The Hall–Kier alpha value is -0.850. The van der Waals surface area contributed by atoms with Gasteiger partial charge in [-0.05, 0) is 25.0 Å². The molecule has 0 aliphatic carbocycles. The average Bonchev–Trinajstić information content (AvgIpc) is 1.97. The van der Waals surface area contributed by atoms with Crippen LogP contribution in [0.4, 0.5) is 0 Å². The molecule has 56 valence electrons. The van der Waals surface area contributed by atoms with Gasteiger partial charge in [-0.15, -0.1) is 0 Å². The molecule has 0 atom stereocenters. The Morgan fingerprint density at radius 2 is 2.20 bits per heavy atom. The van der Waals surface area contributed by atoms with Gasteiger partial charge in [-0.25, -0.2) is 0 Å². The van der Waals surface area contributed by atoms with Gasteiger partial charge in [0.2, 0.25) is 0 Å². The van der Waals surface area contributed by atoms with Crippen LogP contribution in [0.15, 0.2) is 28.8 Å². The Morgan fingerprint density at radius 1 is 1.50 bits per heavy atom. The van der Waals surface area contributed by atoms with E-state index in [1.165, 1.54) is 5.57 Å². The summed E-state index contributed by atoms with van der Waals surface area (Å²) in [4.78, 5) is 3.85. The quantitative estimate of drug-likeness (QED) is 0.419. The Balaban J connectivity index is 3.81. The number of hydrogen-bond donors (Lipinski definition) is 0.